The van der Waals surface area contributed by atoms with E-state index in [0.29, 0.717) is 17.2 Å². The summed E-state index contributed by atoms with van der Waals surface area (Å²) < 4.78 is 20.6. The topological polar surface area (TPSA) is 71.1 Å². The van der Waals surface area contributed by atoms with Gasteiger partial charge in [0.15, 0.2) is 6.61 Å². The van der Waals surface area contributed by atoms with Crippen LogP contribution in [0.15, 0.2) is 36.4 Å². The van der Waals surface area contributed by atoms with E-state index >= 15 is 0 Å². The van der Waals surface area contributed by atoms with Crippen LogP contribution in [0.4, 0.5) is 0 Å². The molecular formula is C19H20O6. The summed E-state index contributed by atoms with van der Waals surface area (Å²) in [6.45, 7) is 1.43. The lowest BCUT2D eigenvalue weighted by molar-refractivity contribution is 0.0470. The first-order valence-corrected chi connectivity index (χ1v) is 7.57. The first kappa shape index (κ1) is 18.3. The SMILES string of the molecule is COc1ccc(OC)c(C(=O)COC(=O)c2cc(C)ccc2OC)c1. The Bertz CT molecular complexity index is 781. The number of hydrogen-bond donors (Lipinski definition) is 0. The van der Waals surface area contributed by atoms with Crippen molar-refractivity contribution >= 4 is 11.8 Å². The van der Waals surface area contributed by atoms with Gasteiger partial charge < -0.3 is 18.9 Å². The highest BCUT2D eigenvalue weighted by molar-refractivity contribution is 6.02. The predicted octanol–water partition coefficient (Wildman–Crippen LogP) is 3.06. The minimum Gasteiger partial charge on any atom is -0.497 e. The van der Waals surface area contributed by atoms with E-state index in [0.717, 1.165) is 5.56 Å². The molecule has 6 nitrogen and oxygen atoms in total. The molecule has 2 aromatic carbocycles. The highest BCUT2D eigenvalue weighted by atomic mass is 16.5. The number of benzene rings is 2. The summed E-state index contributed by atoms with van der Waals surface area (Å²) in [6, 6.07) is 10.00. The van der Waals surface area contributed by atoms with Crippen LogP contribution >= 0.6 is 0 Å². The number of methoxy groups -OCH3 is 3. The Morgan fingerprint density at radius 3 is 2.12 bits per heavy atom. The predicted molar refractivity (Wildman–Crippen MR) is 91.9 cm³/mol. The Labute approximate surface area is 146 Å². The molecule has 0 heterocycles. The van der Waals surface area contributed by atoms with Crippen molar-refractivity contribution in [1.82, 2.24) is 0 Å². The summed E-state index contributed by atoms with van der Waals surface area (Å²) in [5.41, 5.74) is 1.44. The van der Waals surface area contributed by atoms with Gasteiger partial charge in [0.1, 0.15) is 22.8 Å². The molecule has 0 radical (unpaired) electrons. The van der Waals surface area contributed by atoms with Crippen LogP contribution in [0.3, 0.4) is 0 Å². The number of hydrogen-bond acceptors (Lipinski definition) is 6. The Kier molecular flexibility index (Phi) is 6.00. The van der Waals surface area contributed by atoms with Crippen LogP contribution in [0.1, 0.15) is 26.3 Å². The summed E-state index contributed by atoms with van der Waals surface area (Å²) in [4.78, 5) is 24.7. The zero-order valence-electron chi connectivity index (χ0n) is 14.6. The van der Waals surface area contributed by atoms with Gasteiger partial charge >= 0.3 is 5.97 Å². The largest absolute Gasteiger partial charge is 0.497 e. The van der Waals surface area contributed by atoms with Gasteiger partial charge in [-0.2, -0.15) is 0 Å². The number of carbonyl (C=O) groups is 2. The van der Waals surface area contributed by atoms with Crippen LogP contribution in [-0.4, -0.2) is 39.7 Å². The van der Waals surface area contributed by atoms with Crippen LogP contribution in [0.25, 0.3) is 0 Å². The van der Waals surface area contributed by atoms with E-state index in [1.54, 1.807) is 30.3 Å². The van der Waals surface area contributed by atoms with Crippen molar-refractivity contribution in [1.29, 1.82) is 0 Å². The fraction of sp³-hybridized carbons (Fsp3) is 0.263. The lowest BCUT2D eigenvalue weighted by Crippen LogP contribution is -2.16. The molecule has 2 aromatic rings. The van der Waals surface area contributed by atoms with Crippen LogP contribution in [0, 0.1) is 6.92 Å². The zero-order valence-corrected chi connectivity index (χ0v) is 14.6. The fourth-order valence-corrected chi connectivity index (χ4v) is 2.30. The molecule has 0 aliphatic carbocycles. The lowest BCUT2D eigenvalue weighted by atomic mass is 10.1. The number of aryl methyl sites for hydroxylation is 1. The maximum Gasteiger partial charge on any atom is 0.342 e. The van der Waals surface area contributed by atoms with E-state index in [4.69, 9.17) is 18.9 Å². The average Bonchev–Trinajstić information content (AvgIpc) is 2.65. The number of carbonyl (C=O) groups excluding carboxylic acids is 2. The Balaban J connectivity index is 2.15. The molecule has 0 spiro atoms. The van der Waals surface area contributed by atoms with Crippen molar-refractivity contribution in [2.45, 2.75) is 6.92 Å². The van der Waals surface area contributed by atoms with Crippen LogP contribution in [0.5, 0.6) is 17.2 Å². The summed E-state index contributed by atoms with van der Waals surface area (Å²) in [7, 11) is 4.43. The van der Waals surface area contributed by atoms with Gasteiger partial charge in [-0.05, 0) is 37.3 Å². The Morgan fingerprint density at radius 2 is 1.48 bits per heavy atom. The fourth-order valence-electron chi connectivity index (χ4n) is 2.30. The first-order chi connectivity index (χ1) is 12.0. The number of esters is 1. The van der Waals surface area contributed by atoms with Crippen molar-refractivity contribution < 1.29 is 28.5 Å². The third kappa shape index (κ3) is 4.29. The molecule has 0 bridgehead atoms. The molecule has 25 heavy (non-hydrogen) atoms. The van der Waals surface area contributed by atoms with E-state index in [1.165, 1.54) is 21.3 Å². The maximum absolute atomic E-state index is 12.4. The molecule has 2 rings (SSSR count). The standard InChI is InChI=1S/C19H20O6/c1-12-5-7-18(24-4)15(9-12)19(21)25-11-16(20)14-10-13(22-2)6-8-17(14)23-3/h5-10H,11H2,1-4H3. The maximum atomic E-state index is 12.4. The average molecular weight is 344 g/mol. The second-order valence-corrected chi connectivity index (χ2v) is 5.27. The van der Waals surface area contributed by atoms with Crippen LogP contribution < -0.4 is 14.2 Å². The van der Waals surface area contributed by atoms with Crippen LogP contribution in [-0.2, 0) is 4.74 Å². The van der Waals surface area contributed by atoms with Gasteiger partial charge in [-0.15, -0.1) is 0 Å². The minimum atomic E-state index is -0.629. The molecular weight excluding hydrogens is 324 g/mol. The van der Waals surface area contributed by atoms with Gasteiger partial charge in [-0.1, -0.05) is 11.6 Å². The van der Waals surface area contributed by atoms with E-state index < -0.39 is 18.4 Å². The molecule has 0 saturated heterocycles. The molecule has 0 aliphatic rings. The molecule has 6 heteroatoms. The van der Waals surface area contributed by atoms with Gasteiger partial charge in [0, 0.05) is 0 Å². The summed E-state index contributed by atoms with van der Waals surface area (Å²) in [5.74, 6) is 0.263. The molecule has 0 amide bonds. The first-order valence-electron chi connectivity index (χ1n) is 7.57. The molecule has 0 aromatic heterocycles. The highest BCUT2D eigenvalue weighted by Gasteiger charge is 2.19. The lowest BCUT2D eigenvalue weighted by Gasteiger charge is -2.11. The van der Waals surface area contributed by atoms with E-state index in [2.05, 4.69) is 0 Å². The van der Waals surface area contributed by atoms with Crippen molar-refractivity contribution in [3.8, 4) is 17.2 Å². The molecule has 132 valence electrons. The van der Waals surface area contributed by atoms with Gasteiger partial charge in [-0.25, -0.2) is 4.79 Å². The molecule has 0 atom stereocenters. The van der Waals surface area contributed by atoms with Crippen molar-refractivity contribution in [3.63, 3.8) is 0 Å². The van der Waals surface area contributed by atoms with Crippen molar-refractivity contribution in [3.05, 3.63) is 53.1 Å². The molecule has 0 saturated carbocycles. The Hall–Kier alpha value is -3.02. The molecule has 0 unspecified atom stereocenters. The quantitative estimate of drug-likeness (QED) is 0.568. The second kappa shape index (κ2) is 8.19. The number of rotatable bonds is 7. The van der Waals surface area contributed by atoms with Gasteiger partial charge in [0.05, 0.1) is 26.9 Å². The monoisotopic (exact) mass is 344 g/mol. The number of Topliss-reactive ketones (excluding diaryl/α,β-unsaturated/α-hetero) is 1. The van der Waals surface area contributed by atoms with E-state index in [1.807, 2.05) is 13.0 Å². The summed E-state index contributed by atoms with van der Waals surface area (Å²) >= 11 is 0. The summed E-state index contributed by atoms with van der Waals surface area (Å²) in [6.07, 6.45) is 0. The smallest absolute Gasteiger partial charge is 0.342 e. The van der Waals surface area contributed by atoms with Gasteiger partial charge in [-0.3, -0.25) is 4.79 Å². The van der Waals surface area contributed by atoms with Gasteiger partial charge in [0.25, 0.3) is 0 Å². The van der Waals surface area contributed by atoms with E-state index in [9.17, 15) is 9.59 Å². The number of ketones is 1. The third-order valence-electron chi connectivity index (χ3n) is 3.62. The molecule has 0 N–H and O–H groups in total. The number of ether oxygens (including phenoxy) is 4. The van der Waals surface area contributed by atoms with Crippen molar-refractivity contribution in [2.24, 2.45) is 0 Å². The molecule has 0 fully saturated rings. The highest BCUT2D eigenvalue weighted by Crippen LogP contribution is 2.25. The summed E-state index contributed by atoms with van der Waals surface area (Å²) in [5, 5.41) is 0. The molecule has 0 aliphatic heterocycles. The van der Waals surface area contributed by atoms with E-state index in [-0.39, 0.29) is 11.1 Å². The second-order valence-electron chi connectivity index (χ2n) is 5.27. The van der Waals surface area contributed by atoms with Gasteiger partial charge in [0.2, 0.25) is 5.78 Å². The van der Waals surface area contributed by atoms with Crippen LogP contribution in [0.2, 0.25) is 0 Å². The normalized spacial score (nSPS) is 10.1. The minimum absolute atomic E-state index is 0.271. The van der Waals surface area contributed by atoms with Crippen molar-refractivity contribution in [2.75, 3.05) is 27.9 Å². The third-order valence-corrected chi connectivity index (χ3v) is 3.62. The Morgan fingerprint density at radius 1 is 0.840 bits per heavy atom. The zero-order chi connectivity index (χ0) is 18.4.